The number of rotatable bonds is 8. The van der Waals surface area contributed by atoms with Gasteiger partial charge in [0.1, 0.15) is 35.0 Å². The van der Waals surface area contributed by atoms with Crippen LogP contribution >= 0.6 is 11.8 Å². The largest absolute Gasteiger partial charge is 0.491 e. The van der Waals surface area contributed by atoms with Gasteiger partial charge >= 0.3 is 6.18 Å². The zero-order valence-electron chi connectivity index (χ0n) is 20.4. The summed E-state index contributed by atoms with van der Waals surface area (Å²) < 4.78 is 49.7. The SMILES string of the molecule is C.[C-]#[N+]c1c(N)nc(SCc2nc(-c3ccc(C(F)(F)F)cc3)oc2C)c(C#N)c1-c1ccc(OCCO)cc1. The first-order valence-electron chi connectivity index (χ1n) is 11.4. The molecule has 0 aliphatic carbocycles. The van der Waals surface area contributed by atoms with E-state index in [-0.39, 0.29) is 54.4 Å². The fourth-order valence-electron chi connectivity index (χ4n) is 3.68. The van der Waals surface area contributed by atoms with Gasteiger partial charge in [0.05, 0.1) is 30.0 Å². The molecule has 0 amide bonds. The van der Waals surface area contributed by atoms with Gasteiger partial charge in [-0.15, -0.1) is 0 Å². The standard InChI is InChI=1S/C27H20F3N5O3S.CH4/c1-15-21(34-25(38-15)17-3-7-18(8-4-17)27(28,29)30)14-39-26-20(13-31)22(23(33-2)24(32)35-26)16-5-9-19(10-6-16)37-12-11-36;/h3-10,36H,11-12,14H2,1H3,(H2,32,35);1H4. The molecule has 0 radical (unpaired) electrons. The highest BCUT2D eigenvalue weighted by atomic mass is 32.2. The van der Waals surface area contributed by atoms with Crippen LogP contribution in [0.3, 0.4) is 0 Å². The van der Waals surface area contributed by atoms with Crippen molar-refractivity contribution in [3.8, 4) is 34.4 Å². The van der Waals surface area contributed by atoms with Crippen LogP contribution in [0.4, 0.5) is 24.7 Å². The number of ether oxygens (including phenoxy) is 1. The molecule has 4 rings (SSSR count). The number of nitrogens with zero attached hydrogens (tertiary/aromatic N) is 4. The zero-order valence-corrected chi connectivity index (χ0v) is 21.2. The molecule has 0 fully saturated rings. The predicted molar refractivity (Wildman–Crippen MR) is 146 cm³/mol. The van der Waals surface area contributed by atoms with Crippen LogP contribution in [0.2, 0.25) is 0 Å². The minimum Gasteiger partial charge on any atom is -0.491 e. The van der Waals surface area contributed by atoms with Crippen LogP contribution in [0.1, 0.15) is 30.0 Å². The van der Waals surface area contributed by atoms with Crippen molar-refractivity contribution < 1.29 is 27.4 Å². The summed E-state index contributed by atoms with van der Waals surface area (Å²) >= 11 is 1.17. The Morgan fingerprint density at radius 2 is 1.77 bits per heavy atom. The van der Waals surface area contributed by atoms with Gasteiger partial charge in [-0.05, 0) is 48.9 Å². The van der Waals surface area contributed by atoms with E-state index in [0.717, 1.165) is 12.1 Å². The van der Waals surface area contributed by atoms with Crippen LogP contribution in [0, 0.1) is 24.8 Å². The molecular formula is C28H24F3N5O3S. The highest BCUT2D eigenvalue weighted by Gasteiger charge is 2.30. The summed E-state index contributed by atoms with van der Waals surface area (Å²) in [6.07, 6.45) is -4.45. The minimum atomic E-state index is -4.45. The number of thioether (sulfide) groups is 1. The van der Waals surface area contributed by atoms with Gasteiger partial charge in [-0.25, -0.2) is 14.8 Å². The summed E-state index contributed by atoms with van der Waals surface area (Å²) in [5.41, 5.74) is 7.32. The number of benzene rings is 2. The van der Waals surface area contributed by atoms with Crippen molar-refractivity contribution in [3.63, 3.8) is 0 Å². The first-order chi connectivity index (χ1) is 18.7. The van der Waals surface area contributed by atoms with Crippen molar-refractivity contribution in [2.24, 2.45) is 0 Å². The number of aliphatic hydroxyl groups excluding tert-OH is 1. The Hall–Kier alpha value is -4.52. The summed E-state index contributed by atoms with van der Waals surface area (Å²) in [5.74, 6) is 1.32. The number of aliphatic hydroxyl groups is 1. The molecule has 0 aliphatic heterocycles. The van der Waals surface area contributed by atoms with Gasteiger partial charge in [0.25, 0.3) is 0 Å². The van der Waals surface area contributed by atoms with Crippen molar-refractivity contribution >= 4 is 23.3 Å². The smallest absolute Gasteiger partial charge is 0.416 e. The van der Waals surface area contributed by atoms with Gasteiger partial charge in [0, 0.05) is 16.9 Å². The van der Waals surface area contributed by atoms with Gasteiger partial charge in [-0.1, -0.05) is 31.3 Å². The molecule has 0 unspecified atom stereocenters. The van der Waals surface area contributed by atoms with Gasteiger partial charge < -0.3 is 20.0 Å². The Morgan fingerprint density at radius 3 is 2.35 bits per heavy atom. The summed E-state index contributed by atoms with van der Waals surface area (Å²) in [7, 11) is 0. The van der Waals surface area contributed by atoms with Crippen LogP contribution in [0.25, 0.3) is 27.4 Å². The van der Waals surface area contributed by atoms with Crippen LogP contribution in [-0.4, -0.2) is 28.3 Å². The number of pyridine rings is 1. The minimum absolute atomic E-state index is 0. The summed E-state index contributed by atoms with van der Waals surface area (Å²) in [4.78, 5) is 12.2. The number of hydrogen-bond donors (Lipinski definition) is 2. The monoisotopic (exact) mass is 567 g/mol. The van der Waals surface area contributed by atoms with E-state index in [1.54, 1.807) is 31.2 Å². The first-order valence-corrected chi connectivity index (χ1v) is 12.4. The van der Waals surface area contributed by atoms with E-state index < -0.39 is 11.7 Å². The molecule has 0 saturated heterocycles. The number of oxazole rings is 1. The number of halogens is 3. The van der Waals surface area contributed by atoms with E-state index in [1.807, 2.05) is 0 Å². The fourth-order valence-corrected chi connectivity index (χ4v) is 4.68. The Bertz CT molecular complexity index is 1570. The summed E-state index contributed by atoms with van der Waals surface area (Å²) in [5, 5.41) is 19.2. The lowest BCUT2D eigenvalue weighted by molar-refractivity contribution is -0.137. The average Bonchev–Trinajstić information content (AvgIpc) is 3.30. The molecule has 0 bridgehead atoms. The van der Waals surface area contributed by atoms with Crippen LogP contribution < -0.4 is 10.5 Å². The quantitative estimate of drug-likeness (QED) is 0.172. The molecule has 0 atom stereocenters. The Labute approximate surface area is 233 Å². The molecule has 2 heterocycles. The van der Waals surface area contributed by atoms with Crippen LogP contribution in [0.15, 0.2) is 58.0 Å². The lowest BCUT2D eigenvalue weighted by Crippen LogP contribution is -2.03. The van der Waals surface area contributed by atoms with E-state index in [2.05, 4.69) is 20.9 Å². The second kappa shape index (κ2) is 12.6. The molecule has 12 heteroatoms. The Kier molecular flexibility index (Phi) is 9.43. The lowest BCUT2D eigenvalue weighted by Gasteiger charge is -2.13. The van der Waals surface area contributed by atoms with Gasteiger partial charge in [-0.3, -0.25) is 0 Å². The molecule has 2 aromatic carbocycles. The molecule has 0 aliphatic rings. The number of nitrogen functional groups attached to an aromatic ring is 1. The average molecular weight is 568 g/mol. The summed E-state index contributed by atoms with van der Waals surface area (Å²) in [6, 6.07) is 13.3. The maximum atomic E-state index is 12.9. The molecule has 2 aromatic heterocycles. The molecule has 3 N–H and O–H groups in total. The van der Waals surface area contributed by atoms with E-state index in [4.69, 9.17) is 26.6 Å². The van der Waals surface area contributed by atoms with E-state index in [9.17, 15) is 18.4 Å². The van der Waals surface area contributed by atoms with Crippen LogP contribution in [-0.2, 0) is 11.9 Å². The van der Waals surface area contributed by atoms with Crippen LogP contribution in [0.5, 0.6) is 5.75 Å². The number of anilines is 1. The number of nitrogens with two attached hydrogens (primary N) is 1. The molecule has 40 heavy (non-hydrogen) atoms. The normalized spacial score (nSPS) is 10.9. The molecule has 206 valence electrons. The fraction of sp³-hybridized carbons (Fsp3) is 0.214. The number of aromatic nitrogens is 2. The number of nitriles is 1. The maximum absolute atomic E-state index is 12.9. The van der Waals surface area contributed by atoms with Crippen molar-refractivity contribution in [3.05, 3.63) is 82.5 Å². The van der Waals surface area contributed by atoms with Crippen molar-refractivity contribution in [2.75, 3.05) is 18.9 Å². The number of hydrogen-bond acceptors (Lipinski definition) is 8. The van der Waals surface area contributed by atoms with Gasteiger partial charge in [-0.2, -0.15) is 18.4 Å². The highest BCUT2D eigenvalue weighted by Crippen LogP contribution is 2.42. The lowest BCUT2D eigenvalue weighted by atomic mass is 10.00. The number of aryl methyl sites for hydroxylation is 1. The van der Waals surface area contributed by atoms with E-state index in [1.165, 1.54) is 23.9 Å². The molecule has 8 nitrogen and oxygen atoms in total. The Balaban J connectivity index is 0.00000441. The third kappa shape index (κ3) is 6.37. The molecule has 0 spiro atoms. The Morgan fingerprint density at radius 1 is 1.12 bits per heavy atom. The van der Waals surface area contributed by atoms with E-state index in [0.29, 0.717) is 33.9 Å². The van der Waals surface area contributed by atoms with Crippen molar-refractivity contribution in [1.29, 1.82) is 5.26 Å². The zero-order chi connectivity index (χ0) is 28.2. The van der Waals surface area contributed by atoms with Crippen molar-refractivity contribution in [1.82, 2.24) is 9.97 Å². The second-order valence-corrected chi connectivity index (χ2v) is 9.07. The first kappa shape index (κ1) is 30.0. The second-order valence-electron chi connectivity index (χ2n) is 8.11. The van der Waals surface area contributed by atoms with E-state index >= 15 is 0 Å². The number of alkyl halides is 3. The predicted octanol–water partition coefficient (Wildman–Crippen LogP) is 7.03. The molecule has 0 saturated carbocycles. The third-order valence-electron chi connectivity index (χ3n) is 5.59. The van der Waals surface area contributed by atoms with Gasteiger partial charge in [0.2, 0.25) is 11.6 Å². The molecular weight excluding hydrogens is 543 g/mol. The third-order valence-corrected chi connectivity index (χ3v) is 6.58. The topological polar surface area (TPSA) is 123 Å². The molecule has 4 aromatic rings. The highest BCUT2D eigenvalue weighted by molar-refractivity contribution is 7.98. The maximum Gasteiger partial charge on any atom is 0.416 e. The summed E-state index contributed by atoms with van der Waals surface area (Å²) in [6.45, 7) is 9.26. The van der Waals surface area contributed by atoms with Crippen molar-refractivity contribution in [2.45, 2.75) is 31.3 Å². The van der Waals surface area contributed by atoms with Gasteiger partial charge in [0.15, 0.2) is 0 Å².